The maximum Gasteiger partial charge on any atom is 0.122 e. The Bertz CT molecular complexity index is 495. The lowest BCUT2D eigenvalue weighted by molar-refractivity contribution is 0.286. The van der Waals surface area contributed by atoms with Crippen molar-refractivity contribution in [3.05, 3.63) is 44.4 Å². The molecule has 0 amide bonds. The van der Waals surface area contributed by atoms with Crippen LogP contribution in [0.5, 0.6) is 0 Å². The molecular weight excluding hydrogens is 312 g/mol. The van der Waals surface area contributed by atoms with Crippen LogP contribution < -0.4 is 5.32 Å². The molecule has 5 heteroatoms. The van der Waals surface area contributed by atoms with Crippen molar-refractivity contribution in [3.63, 3.8) is 0 Å². The lowest BCUT2D eigenvalue weighted by atomic mass is 10.2. The van der Waals surface area contributed by atoms with Crippen molar-refractivity contribution in [3.8, 4) is 0 Å². The molecule has 2 heterocycles. The highest BCUT2D eigenvalue weighted by atomic mass is 79.9. The maximum atomic E-state index is 5.54. The first kappa shape index (κ1) is 13.8. The summed E-state index contributed by atoms with van der Waals surface area (Å²) in [5.74, 6) is 1.04. The average Bonchev–Trinajstić information content (AvgIpc) is 2.90. The monoisotopic (exact) mass is 328 g/mol. The smallest absolute Gasteiger partial charge is 0.122 e. The number of hydrogen-bond acceptors (Lipinski definition) is 4. The third-order valence-electron chi connectivity index (χ3n) is 2.69. The van der Waals surface area contributed by atoms with Crippen LogP contribution in [0.15, 0.2) is 32.0 Å². The Morgan fingerprint density at radius 2 is 2.28 bits per heavy atom. The summed E-state index contributed by atoms with van der Waals surface area (Å²) in [4.78, 5) is 2.26. The number of nitrogens with zero attached hydrogens (tertiary/aromatic N) is 1. The first-order valence-corrected chi connectivity index (χ1v) is 7.47. The van der Waals surface area contributed by atoms with Crippen molar-refractivity contribution in [1.82, 2.24) is 10.2 Å². The normalized spacial score (nSPS) is 11.3. The molecule has 0 bridgehead atoms. The Morgan fingerprint density at radius 1 is 1.44 bits per heavy atom. The molecule has 0 unspecified atom stereocenters. The fraction of sp³-hybridized carbons (Fsp3) is 0.385. The summed E-state index contributed by atoms with van der Waals surface area (Å²) in [5, 5.41) is 5.33. The Morgan fingerprint density at radius 3 is 2.94 bits per heavy atom. The summed E-state index contributed by atoms with van der Waals surface area (Å²) in [6.07, 6.45) is 1.76. The van der Waals surface area contributed by atoms with Gasteiger partial charge in [0, 0.05) is 18.7 Å². The molecule has 0 aliphatic carbocycles. The van der Waals surface area contributed by atoms with Crippen molar-refractivity contribution in [2.24, 2.45) is 0 Å². The number of halogens is 1. The van der Waals surface area contributed by atoms with Gasteiger partial charge in [0.1, 0.15) is 5.76 Å². The molecule has 0 spiro atoms. The lowest BCUT2D eigenvalue weighted by Crippen LogP contribution is -2.18. The molecule has 2 aromatic heterocycles. The first-order chi connectivity index (χ1) is 8.69. The molecule has 0 radical (unpaired) electrons. The SMILES string of the molecule is CNCc1ccoc1CN(C)Cc1csc(Br)c1. The molecule has 0 fully saturated rings. The van der Waals surface area contributed by atoms with Gasteiger partial charge in [-0.05, 0) is 53.1 Å². The second kappa shape index (κ2) is 6.52. The van der Waals surface area contributed by atoms with E-state index in [1.54, 1.807) is 17.6 Å². The number of hydrogen-bond donors (Lipinski definition) is 1. The zero-order valence-electron chi connectivity index (χ0n) is 10.6. The second-order valence-electron chi connectivity index (χ2n) is 4.33. The molecule has 0 saturated carbocycles. The standard InChI is InChI=1S/C13H17BrN2OS/c1-15-6-11-3-4-17-12(11)8-16(2)7-10-5-13(14)18-9-10/h3-5,9,15H,6-8H2,1-2H3. The van der Waals surface area contributed by atoms with E-state index in [-0.39, 0.29) is 0 Å². The predicted molar refractivity (Wildman–Crippen MR) is 78.7 cm³/mol. The minimum Gasteiger partial charge on any atom is -0.468 e. The first-order valence-electron chi connectivity index (χ1n) is 5.80. The average molecular weight is 329 g/mol. The molecule has 0 aliphatic rings. The minimum atomic E-state index is 0.831. The van der Waals surface area contributed by atoms with Crippen molar-refractivity contribution in [2.75, 3.05) is 14.1 Å². The Hall–Kier alpha value is -0.620. The molecule has 0 saturated heterocycles. The molecule has 0 aromatic carbocycles. The van der Waals surface area contributed by atoms with Crippen LogP contribution in [0, 0.1) is 0 Å². The van der Waals surface area contributed by atoms with E-state index in [0.717, 1.165) is 25.4 Å². The van der Waals surface area contributed by atoms with E-state index in [1.807, 2.05) is 13.1 Å². The Kier molecular flexibility index (Phi) is 5.00. The summed E-state index contributed by atoms with van der Waals surface area (Å²) >= 11 is 5.21. The molecular formula is C13H17BrN2OS. The Balaban J connectivity index is 1.94. The third-order valence-corrected chi connectivity index (χ3v) is 4.25. The van der Waals surface area contributed by atoms with Crippen LogP contribution >= 0.6 is 27.3 Å². The van der Waals surface area contributed by atoms with Crippen LogP contribution in [0.3, 0.4) is 0 Å². The summed E-state index contributed by atoms with van der Waals surface area (Å²) in [5.41, 5.74) is 2.56. The fourth-order valence-corrected chi connectivity index (χ4v) is 3.10. The molecule has 1 N–H and O–H groups in total. The summed E-state index contributed by atoms with van der Waals surface area (Å²) in [7, 11) is 4.06. The zero-order valence-corrected chi connectivity index (χ0v) is 13.0. The molecule has 2 rings (SSSR count). The van der Waals surface area contributed by atoms with E-state index in [9.17, 15) is 0 Å². The van der Waals surface area contributed by atoms with Gasteiger partial charge in [-0.25, -0.2) is 0 Å². The van der Waals surface area contributed by atoms with Crippen LogP contribution in [-0.4, -0.2) is 19.0 Å². The van der Waals surface area contributed by atoms with Gasteiger partial charge in [-0.3, -0.25) is 4.90 Å². The summed E-state index contributed by atoms with van der Waals surface area (Å²) < 4.78 is 6.72. The topological polar surface area (TPSA) is 28.4 Å². The van der Waals surface area contributed by atoms with Crippen LogP contribution in [0.25, 0.3) is 0 Å². The highest BCUT2D eigenvalue weighted by Crippen LogP contribution is 2.22. The van der Waals surface area contributed by atoms with E-state index in [0.29, 0.717) is 0 Å². The summed E-state index contributed by atoms with van der Waals surface area (Å²) in [6.45, 7) is 2.61. The van der Waals surface area contributed by atoms with E-state index in [2.05, 4.69) is 44.6 Å². The second-order valence-corrected chi connectivity index (χ2v) is 6.62. The molecule has 0 atom stereocenters. The highest BCUT2D eigenvalue weighted by molar-refractivity contribution is 9.11. The number of furan rings is 1. The van der Waals surface area contributed by atoms with Crippen molar-refractivity contribution in [2.45, 2.75) is 19.6 Å². The van der Waals surface area contributed by atoms with Gasteiger partial charge in [0.05, 0.1) is 16.6 Å². The largest absolute Gasteiger partial charge is 0.468 e. The van der Waals surface area contributed by atoms with E-state index in [1.165, 1.54) is 14.9 Å². The van der Waals surface area contributed by atoms with Gasteiger partial charge >= 0.3 is 0 Å². The van der Waals surface area contributed by atoms with Crippen LogP contribution in [-0.2, 0) is 19.6 Å². The van der Waals surface area contributed by atoms with Crippen LogP contribution in [0.1, 0.15) is 16.9 Å². The predicted octanol–water partition coefficient (Wildman–Crippen LogP) is 3.46. The van der Waals surface area contributed by atoms with Gasteiger partial charge in [-0.2, -0.15) is 0 Å². The fourth-order valence-electron chi connectivity index (χ4n) is 1.90. The van der Waals surface area contributed by atoms with Gasteiger partial charge in [-0.15, -0.1) is 11.3 Å². The number of thiophene rings is 1. The van der Waals surface area contributed by atoms with E-state index < -0.39 is 0 Å². The number of nitrogens with one attached hydrogen (secondary N) is 1. The maximum absolute atomic E-state index is 5.54. The van der Waals surface area contributed by atoms with Crippen molar-refractivity contribution < 1.29 is 4.42 Å². The summed E-state index contributed by atoms with van der Waals surface area (Å²) in [6, 6.07) is 4.19. The van der Waals surface area contributed by atoms with Crippen molar-refractivity contribution in [1.29, 1.82) is 0 Å². The van der Waals surface area contributed by atoms with Gasteiger partial charge in [0.15, 0.2) is 0 Å². The van der Waals surface area contributed by atoms with Crippen LogP contribution in [0.2, 0.25) is 0 Å². The van der Waals surface area contributed by atoms with Gasteiger partial charge in [0.25, 0.3) is 0 Å². The molecule has 3 nitrogen and oxygen atoms in total. The quantitative estimate of drug-likeness (QED) is 0.880. The number of rotatable bonds is 6. The van der Waals surface area contributed by atoms with Gasteiger partial charge < -0.3 is 9.73 Å². The molecule has 98 valence electrons. The molecule has 0 aliphatic heterocycles. The Labute approximate surface area is 120 Å². The van der Waals surface area contributed by atoms with E-state index >= 15 is 0 Å². The lowest BCUT2D eigenvalue weighted by Gasteiger charge is -2.15. The van der Waals surface area contributed by atoms with E-state index in [4.69, 9.17) is 4.42 Å². The highest BCUT2D eigenvalue weighted by Gasteiger charge is 2.09. The molecule has 18 heavy (non-hydrogen) atoms. The van der Waals surface area contributed by atoms with Crippen molar-refractivity contribution >= 4 is 27.3 Å². The van der Waals surface area contributed by atoms with Gasteiger partial charge in [0.2, 0.25) is 0 Å². The minimum absolute atomic E-state index is 0.831. The van der Waals surface area contributed by atoms with Gasteiger partial charge in [-0.1, -0.05) is 0 Å². The zero-order chi connectivity index (χ0) is 13.0. The molecule has 2 aromatic rings. The van der Waals surface area contributed by atoms with Crippen LogP contribution in [0.4, 0.5) is 0 Å². The third kappa shape index (κ3) is 3.68.